The molecule has 0 amide bonds. The summed E-state index contributed by atoms with van der Waals surface area (Å²) >= 11 is 1.69. The van der Waals surface area contributed by atoms with Crippen LogP contribution in [0.1, 0.15) is 22.0 Å². The number of thiophene rings is 1. The molecule has 3 N–H and O–H groups in total. The van der Waals surface area contributed by atoms with Gasteiger partial charge in [-0.3, -0.25) is 9.89 Å². The Morgan fingerprint density at radius 3 is 2.55 bits per heavy atom. The first-order valence-corrected chi connectivity index (χ1v) is 10.4. The van der Waals surface area contributed by atoms with Crippen LogP contribution in [0.3, 0.4) is 0 Å². The van der Waals surface area contributed by atoms with Gasteiger partial charge in [0.2, 0.25) is 0 Å². The number of hydrogen-bond donors (Lipinski definition) is 2. The van der Waals surface area contributed by atoms with Crippen molar-refractivity contribution in [2.45, 2.75) is 18.6 Å². The molecule has 0 bridgehead atoms. The molecule has 2 heterocycles. The van der Waals surface area contributed by atoms with Gasteiger partial charge in [0.1, 0.15) is 0 Å². The lowest BCUT2D eigenvalue weighted by Gasteiger charge is -2.34. The van der Waals surface area contributed by atoms with Crippen LogP contribution in [0.15, 0.2) is 46.8 Å². The number of benzene rings is 1. The second kappa shape index (κ2) is 10.1. The SMILES string of the molecule is NC(=NCC(c1ccc(C(F)(F)F)cc1)N1CCOCC1)NCCc1cccs1. The van der Waals surface area contributed by atoms with Crippen molar-refractivity contribution in [2.24, 2.45) is 10.7 Å². The fourth-order valence-electron chi connectivity index (χ4n) is 3.22. The summed E-state index contributed by atoms with van der Waals surface area (Å²) in [6.45, 7) is 3.63. The zero-order chi connectivity index (χ0) is 20.7. The predicted molar refractivity (Wildman–Crippen MR) is 109 cm³/mol. The Bertz CT molecular complexity index is 772. The van der Waals surface area contributed by atoms with Crippen molar-refractivity contribution < 1.29 is 17.9 Å². The number of halogens is 3. The van der Waals surface area contributed by atoms with Crippen molar-refractivity contribution in [2.75, 3.05) is 39.4 Å². The average Bonchev–Trinajstić information content (AvgIpc) is 3.22. The maximum absolute atomic E-state index is 12.9. The number of ether oxygens (including phenoxy) is 1. The first kappa shape index (κ1) is 21.6. The summed E-state index contributed by atoms with van der Waals surface area (Å²) in [7, 11) is 0. The molecule has 0 aliphatic carbocycles. The van der Waals surface area contributed by atoms with Crippen LogP contribution in [0.4, 0.5) is 13.2 Å². The van der Waals surface area contributed by atoms with Crippen molar-refractivity contribution >= 4 is 17.3 Å². The third kappa shape index (κ3) is 6.45. The van der Waals surface area contributed by atoms with Gasteiger partial charge >= 0.3 is 6.18 Å². The molecule has 158 valence electrons. The molecule has 2 aromatic rings. The molecular weight excluding hydrogens is 401 g/mol. The summed E-state index contributed by atoms with van der Waals surface area (Å²) in [5.41, 5.74) is 6.14. The minimum absolute atomic E-state index is 0.154. The summed E-state index contributed by atoms with van der Waals surface area (Å²) in [5.74, 6) is 0.340. The highest BCUT2D eigenvalue weighted by atomic mass is 32.1. The lowest BCUT2D eigenvalue weighted by molar-refractivity contribution is -0.137. The summed E-state index contributed by atoms with van der Waals surface area (Å²) in [5, 5.41) is 5.13. The Kier molecular flexibility index (Phi) is 7.51. The minimum atomic E-state index is -4.35. The van der Waals surface area contributed by atoms with E-state index in [2.05, 4.69) is 21.3 Å². The number of guanidine groups is 1. The molecule has 1 aliphatic rings. The van der Waals surface area contributed by atoms with E-state index in [9.17, 15) is 13.2 Å². The van der Waals surface area contributed by atoms with Crippen molar-refractivity contribution in [3.8, 4) is 0 Å². The predicted octanol–water partition coefficient (Wildman–Crippen LogP) is 3.29. The number of morpholine rings is 1. The second-order valence-corrected chi connectivity index (χ2v) is 7.80. The van der Waals surface area contributed by atoms with Crippen LogP contribution < -0.4 is 11.1 Å². The van der Waals surface area contributed by atoms with Gasteiger partial charge in [0.15, 0.2) is 5.96 Å². The van der Waals surface area contributed by atoms with E-state index in [0.717, 1.165) is 24.1 Å². The highest BCUT2D eigenvalue weighted by molar-refractivity contribution is 7.09. The second-order valence-electron chi connectivity index (χ2n) is 6.77. The van der Waals surface area contributed by atoms with Gasteiger partial charge in [0.25, 0.3) is 0 Å². The standard InChI is InChI=1S/C20H25F3N4OS/c21-20(22,23)16-5-3-15(4-6-16)18(27-9-11-28-12-10-27)14-26-19(24)25-8-7-17-2-1-13-29-17/h1-6,13,18H,7-12,14H2,(H3,24,25,26). The minimum Gasteiger partial charge on any atom is -0.379 e. The Morgan fingerprint density at radius 1 is 1.21 bits per heavy atom. The molecule has 1 unspecified atom stereocenters. The van der Waals surface area contributed by atoms with Crippen LogP contribution in [0.2, 0.25) is 0 Å². The first-order chi connectivity index (χ1) is 13.9. The molecule has 1 fully saturated rings. The number of nitrogens with one attached hydrogen (secondary N) is 1. The summed E-state index contributed by atoms with van der Waals surface area (Å²) in [4.78, 5) is 7.89. The van der Waals surface area contributed by atoms with Crippen molar-refractivity contribution in [1.29, 1.82) is 0 Å². The van der Waals surface area contributed by atoms with Gasteiger partial charge < -0.3 is 15.8 Å². The topological polar surface area (TPSA) is 62.9 Å². The molecule has 1 aromatic heterocycles. The molecule has 0 saturated carbocycles. The molecule has 5 nitrogen and oxygen atoms in total. The Morgan fingerprint density at radius 2 is 1.93 bits per heavy atom. The highest BCUT2D eigenvalue weighted by Gasteiger charge is 2.31. The quantitative estimate of drug-likeness (QED) is 0.527. The fourth-order valence-corrected chi connectivity index (χ4v) is 3.93. The van der Waals surface area contributed by atoms with Gasteiger partial charge in [-0.25, -0.2) is 0 Å². The number of alkyl halides is 3. The number of rotatable bonds is 7. The zero-order valence-electron chi connectivity index (χ0n) is 16.0. The van der Waals surface area contributed by atoms with E-state index < -0.39 is 11.7 Å². The molecular formula is C20H25F3N4OS. The van der Waals surface area contributed by atoms with E-state index in [0.29, 0.717) is 45.4 Å². The van der Waals surface area contributed by atoms with Crippen molar-refractivity contribution in [3.05, 3.63) is 57.8 Å². The molecule has 1 aromatic carbocycles. The molecule has 1 saturated heterocycles. The van der Waals surface area contributed by atoms with Crippen molar-refractivity contribution in [3.63, 3.8) is 0 Å². The third-order valence-electron chi connectivity index (χ3n) is 4.80. The van der Waals surface area contributed by atoms with Crippen molar-refractivity contribution in [1.82, 2.24) is 10.2 Å². The molecule has 29 heavy (non-hydrogen) atoms. The molecule has 0 spiro atoms. The van der Waals surface area contributed by atoms with Crippen LogP contribution in [0, 0.1) is 0 Å². The number of hydrogen-bond acceptors (Lipinski definition) is 4. The van der Waals surface area contributed by atoms with Crippen LogP contribution in [-0.2, 0) is 17.3 Å². The van der Waals surface area contributed by atoms with E-state index in [4.69, 9.17) is 10.5 Å². The van der Waals surface area contributed by atoms with Gasteiger partial charge in [0.05, 0.1) is 31.4 Å². The molecule has 1 aliphatic heterocycles. The van der Waals surface area contributed by atoms with Crippen LogP contribution >= 0.6 is 11.3 Å². The van der Waals surface area contributed by atoms with E-state index >= 15 is 0 Å². The van der Waals surface area contributed by atoms with E-state index in [1.165, 1.54) is 17.0 Å². The Balaban J connectivity index is 1.65. The molecule has 3 rings (SSSR count). The van der Waals surface area contributed by atoms with Gasteiger partial charge in [-0.2, -0.15) is 13.2 Å². The normalized spacial score (nSPS) is 17.3. The zero-order valence-corrected chi connectivity index (χ0v) is 16.8. The maximum atomic E-state index is 12.9. The van der Waals surface area contributed by atoms with Crippen LogP contribution in [-0.4, -0.2) is 50.3 Å². The monoisotopic (exact) mass is 426 g/mol. The van der Waals surface area contributed by atoms with Gasteiger partial charge in [-0.05, 0) is 35.6 Å². The third-order valence-corrected chi connectivity index (χ3v) is 5.74. The smallest absolute Gasteiger partial charge is 0.379 e. The van der Waals surface area contributed by atoms with Gasteiger partial charge in [-0.15, -0.1) is 11.3 Å². The highest BCUT2D eigenvalue weighted by Crippen LogP contribution is 2.31. The van der Waals surface area contributed by atoms with Crippen LogP contribution in [0.5, 0.6) is 0 Å². The number of aliphatic imine (C=N–C) groups is 1. The fraction of sp³-hybridized carbons (Fsp3) is 0.450. The lowest BCUT2D eigenvalue weighted by Crippen LogP contribution is -2.41. The Hall–Kier alpha value is -2.10. The lowest BCUT2D eigenvalue weighted by atomic mass is 10.0. The number of nitrogens with two attached hydrogens (primary N) is 1. The molecule has 9 heteroatoms. The summed E-state index contributed by atoms with van der Waals surface area (Å²) in [6.07, 6.45) is -3.48. The molecule has 1 atom stereocenters. The van der Waals surface area contributed by atoms with Gasteiger partial charge in [-0.1, -0.05) is 18.2 Å². The molecule has 0 radical (unpaired) electrons. The Labute approximate surface area is 172 Å². The largest absolute Gasteiger partial charge is 0.416 e. The van der Waals surface area contributed by atoms with E-state index in [-0.39, 0.29) is 6.04 Å². The van der Waals surface area contributed by atoms with Gasteiger partial charge in [0, 0.05) is 24.5 Å². The van der Waals surface area contributed by atoms with E-state index in [1.807, 2.05) is 11.4 Å². The first-order valence-electron chi connectivity index (χ1n) is 9.48. The number of nitrogens with zero attached hydrogens (tertiary/aromatic N) is 2. The van der Waals surface area contributed by atoms with E-state index in [1.54, 1.807) is 11.3 Å². The van der Waals surface area contributed by atoms with Crippen LogP contribution in [0.25, 0.3) is 0 Å². The maximum Gasteiger partial charge on any atom is 0.416 e. The summed E-state index contributed by atoms with van der Waals surface area (Å²) < 4.78 is 44.0. The summed E-state index contributed by atoms with van der Waals surface area (Å²) in [6, 6.07) is 9.22. The average molecular weight is 427 g/mol.